The lowest BCUT2D eigenvalue weighted by Gasteiger charge is -2.26. The van der Waals surface area contributed by atoms with E-state index in [0.29, 0.717) is 17.9 Å². The number of rotatable bonds is 9. The molecule has 15 heteroatoms. The minimum absolute atomic E-state index is 0.208. The Hall–Kier alpha value is -4.08. The van der Waals surface area contributed by atoms with Gasteiger partial charge in [0.1, 0.15) is 6.54 Å². The summed E-state index contributed by atoms with van der Waals surface area (Å²) in [4.78, 5) is 28.1. The molecule has 2 amide bonds. The van der Waals surface area contributed by atoms with Crippen molar-refractivity contribution in [2.75, 3.05) is 30.5 Å². The number of benzene rings is 4. The van der Waals surface area contributed by atoms with Gasteiger partial charge in [-0.25, -0.2) is 21.6 Å². The first-order valence-corrected chi connectivity index (χ1v) is 24.2. The molecule has 302 valence electrons. The van der Waals surface area contributed by atoms with E-state index in [-0.39, 0.29) is 13.1 Å². The summed E-state index contributed by atoms with van der Waals surface area (Å²) < 4.78 is 56.0. The third-order valence-corrected chi connectivity index (χ3v) is 13.6. The molecule has 0 saturated carbocycles. The highest BCUT2D eigenvalue weighted by Gasteiger charge is 2.47. The van der Waals surface area contributed by atoms with Crippen molar-refractivity contribution in [1.82, 2.24) is 9.44 Å². The SMILES string of the molecule is CC1(C)C(/C=C/C2=C(Cl)C(=C/C=C3/N(CC(=O)NS(C)(=O)=O)c4ccc5cc(Br)ccc5c4C3(C)C)/CC2)=[N+](CC(=O)NS(C)(=O)=O)c2ccc3cc(Br)ccc3c21. The lowest BCUT2D eigenvalue weighted by atomic mass is 9.79. The second-order valence-electron chi connectivity index (χ2n) is 16.0. The van der Waals surface area contributed by atoms with E-state index in [4.69, 9.17) is 11.6 Å². The second kappa shape index (κ2) is 15.2. The van der Waals surface area contributed by atoms with Crippen LogP contribution in [-0.2, 0) is 40.5 Å². The maximum Gasteiger partial charge on any atom is 0.299 e. The predicted molar refractivity (Wildman–Crippen MR) is 240 cm³/mol. The van der Waals surface area contributed by atoms with Crippen molar-refractivity contribution >= 4 is 114 Å². The van der Waals surface area contributed by atoms with Crippen LogP contribution in [0.5, 0.6) is 0 Å². The lowest BCUT2D eigenvalue weighted by Crippen LogP contribution is -2.39. The fourth-order valence-electron chi connectivity index (χ4n) is 8.60. The first-order valence-electron chi connectivity index (χ1n) is 18.4. The van der Waals surface area contributed by atoms with E-state index in [9.17, 15) is 26.4 Å². The molecular weight excluding hydrogens is 928 g/mol. The second-order valence-corrected chi connectivity index (χ2v) is 21.7. The Morgan fingerprint density at radius 3 is 1.98 bits per heavy atom. The molecule has 58 heavy (non-hydrogen) atoms. The Morgan fingerprint density at radius 1 is 0.776 bits per heavy atom. The van der Waals surface area contributed by atoms with Crippen LogP contribution in [0.3, 0.4) is 0 Å². The molecular formula is C43H42Br2ClN4O6S2+. The molecule has 2 N–H and O–H groups in total. The Kier molecular flexibility index (Phi) is 11.0. The van der Waals surface area contributed by atoms with Crippen molar-refractivity contribution in [2.45, 2.75) is 51.4 Å². The van der Waals surface area contributed by atoms with Crippen molar-refractivity contribution in [3.63, 3.8) is 0 Å². The fraction of sp³-hybridized carbons (Fsp3) is 0.279. The van der Waals surface area contributed by atoms with E-state index >= 15 is 0 Å². The molecule has 0 aromatic heterocycles. The molecule has 4 aromatic carbocycles. The van der Waals surface area contributed by atoms with Gasteiger partial charge in [0, 0.05) is 48.5 Å². The molecule has 2 heterocycles. The van der Waals surface area contributed by atoms with Crippen LogP contribution in [0.1, 0.15) is 51.7 Å². The van der Waals surface area contributed by atoms with Gasteiger partial charge in [0.25, 0.3) is 11.8 Å². The van der Waals surface area contributed by atoms with E-state index in [2.05, 4.69) is 69.0 Å². The van der Waals surface area contributed by atoms with Gasteiger partial charge in [0.05, 0.1) is 17.9 Å². The van der Waals surface area contributed by atoms with Crippen molar-refractivity contribution in [2.24, 2.45) is 0 Å². The molecule has 0 atom stereocenters. The summed E-state index contributed by atoms with van der Waals surface area (Å²) in [7, 11) is -7.55. The number of nitrogens with zero attached hydrogens (tertiary/aromatic N) is 2. The number of hydrogen-bond donors (Lipinski definition) is 2. The molecule has 0 radical (unpaired) electrons. The van der Waals surface area contributed by atoms with Gasteiger partial charge in [-0.2, -0.15) is 4.58 Å². The Bertz CT molecular complexity index is 2880. The third-order valence-electron chi connectivity index (χ3n) is 10.9. The molecule has 3 aliphatic rings. The zero-order valence-electron chi connectivity index (χ0n) is 32.7. The summed E-state index contributed by atoms with van der Waals surface area (Å²) in [6, 6.07) is 20.1. The van der Waals surface area contributed by atoms with Crippen LogP contribution in [0.4, 0.5) is 11.4 Å². The van der Waals surface area contributed by atoms with E-state index in [0.717, 1.165) is 88.1 Å². The number of amides is 2. The number of hydrogen-bond acceptors (Lipinski definition) is 7. The van der Waals surface area contributed by atoms with E-state index < -0.39 is 42.7 Å². The van der Waals surface area contributed by atoms with Crippen LogP contribution >= 0.6 is 43.5 Å². The molecule has 10 nitrogen and oxygen atoms in total. The highest BCUT2D eigenvalue weighted by molar-refractivity contribution is 9.10. The normalized spacial score (nSPS) is 18.9. The van der Waals surface area contributed by atoms with Crippen LogP contribution in [-0.4, -0.2) is 64.5 Å². The fourth-order valence-corrected chi connectivity index (χ4v) is 10.6. The molecule has 1 aliphatic carbocycles. The summed E-state index contributed by atoms with van der Waals surface area (Å²) in [6.07, 6.45) is 11.1. The average Bonchev–Trinajstić information content (AvgIpc) is 3.63. The van der Waals surface area contributed by atoms with Crippen molar-refractivity contribution in [3.05, 3.63) is 127 Å². The highest BCUT2D eigenvalue weighted by atomic mass is 79.9. The topological polar surface area (TPSA) is 133 Å². The van der Waals surface area contributed by atoms with Gasteiger partial charge in [0.2, 0.25) is 32.3 Å². The quantitative estimate of drug-likeness (QED) is 0.161. The monoisotopic (exact) mass is 967 g/mol. The standard InChI is InChI=1S/C43H41Br2ClN4O6S2/c1-42(2)35(49(23-37(51)47-57(5,53)54)33-17-9-27-21-29(44)13-15-31(27)39(33)42)19-11-25-7-8-26(41(25)46)12-20-36-43(3,4)40-32-16-14-30(45)22-28(32)10-18-34(40)50(36)24-38(52)48-58(6,55)56/h9-22H,7-8,23-24H2,1-6H3,(H-,47,48,51,52)/p+1. The summed E-state index contributed by atoms with van der Waals surface area (Å²) >= 11 is 14.3. The molecule has 0 bridgehead atoms. The minimum Gasteiger partial charge on any atom is -0.334 e. The minimum atomic E-state index is -3.77. The summed E-state index contributed by atoms with van der Waals surface area (Å²) in [5, 5.41) is 4.70. The van der Waals surface area contributed by atoms with Gasteiger partial charge in [-0.05, 0) is 107 Å². The number of fused-ring (bicyclic) bond motifs is 6. The highest BCUT2D eigenvalue weighted by Crippen LogP contribution is 2.51. The Morgan fingerprint density at radius 2 is 1.36 bits per heavy atom. The Labute approximate surface area is 360 Å². The van der Waals surface area contributed by atoms with Gasteiger partial charge in [-0.15, -0.1) is 0 Å². The predicted octanol–water partition coefficient (Wildman–Crippen LogP) is 8.50. The van der Waals surface area contributed by atoms with Crippen LogP contribution in [0.2, 0.25) is 0 Å². The molecule has 0 spiro atoms. The van der Waals surface area contributed by atoms with Crippen LogP contribution in [0.25, 0.3) is 21.5 Å². The molecule has 0 fully saturated rings. The number of carbonyl (C=O) groups is 2. The first-order chi connectivity index (χ1) is 27.0. The summed E-state index contributed by atoms with van der Waals surface area (Å²) in [5.41, 5.74) is 5.96. The van der Waals surface area contributed by atoms with Gasteiger partial charge >= 0.3 is 0 Å². The van der Waals surface area contributed by atoms with Gasteiger partial charge in [-0.3, -0.25) is 14.3 Å². The van der Waals surface area contributed by atoms with Crippen LogP contribution in [0.15, 0.2) is 116 Å². The largest absolute Gasteiger partial charge is 0.334 e. The zero-order chi connectivity index (χ0) is 42.1. The number of halogens is 3. The van der Waals surface area contributed by atoms with E-state index in [1.807, 2.05) is 94.4 Å². The lowest BCUT2D eigenvalue weighted by molar-refractivity contribution is -0.425. The maximum atomic E-state index is 13.1. The summed E-state index contributed by atoms with van der Waals surface area (Å²) in [6.45, 7) is 7.95. The number of allylic oxidation sites excluding steroid dienone is 8. The molecule has 2 aliphatic heterocycles. The number of anilines is 1. The van der Waals surface area contributed by atoms with E-state index in [1.165, 1.54) is 0 Å². The van der Waals surface area contributed by atoms with Gasteiger partial charge in [-0.1, -0.05) is 87.7 Å². The van der Waals surface area contributed by atoms with Crippen molar-refractivity contribution in [1.29, 1.82) is 0 Å². The maximum absolute atomic E-state index is 13.1. The van der Waals surface area contributed by atoms with E-state index in [1.54, 1.807) is 0 Å². The Balaban J connectivity index is 1.27. The molecule has 4 aromatic rings. The van der Waals surface area contributed by atoms with Crippen molar-refractivity contribution < 1.29 is 31.0 Å². The number of carbonyl (C=O) groups excluding carboxylic acids is 2. The average molecular weight is 970 g/mol. The number of sulfonamides is 2. The number of nitrogens with one attached hydrogen (secondary N) is 2. The third kappa shape index (κ3) is 8.10. The van der Waals surface area contributed by atoms with Crippen molar-refractivity contribution in [3.8, 4) is 0 Å². The summed E-state index contributed by atoms with van der Waals surface area (Å²) in [5.74, 6) is -1.30. The van der Waals surface area contributed by atoms with Crippen LogP contribution < -0.4 is 14.3 Å². The van der Waals surface area contributed by atoms with Gasteiger partial charge < -0.3 is 4.90 Å². The molecule has 0 unspecified atom stereocenters. The molecule has 7 rings (SSSR count). The first kappa shape index (κ1) is 42.1. The molecule has 0 saturated heterocycles. The zero-order valence-corrected chi connectivity index (χ0v) is 38.3. The van der Waals surface area contributed by atoms with Gasteiger partial charge in [0.15, 0.2) is 5.71 Å². The van der Waals surface area contributed by atoms with Crippen LogP contribution in [0, 0.1) is 0 Å². The smallest absolute Gasteiger partial charge is 0.299 e.